The number of aromatic nitrogens is 1. The molecule has 0 aliphatic rings. The van der Waals surface area contributed by atoms with E-state index in [2.05, 4.69) is 25.5 Å². The number of benzene rings is 2. The Kier molecular flexibility index (Phi) is 5.44. The molecule has 0 amide bonds. The highest BCUT2D eigenvalue weighted by molar-refractivity contribution is 7.92. The molecule has 0 aliphatic carbocycles. The van der Waals surface area contributed by atoms with Crippen LogP contribution >= 0.6 is 0 Å². The summed E-state index contributed by atoms with van der Waals surface area (Å²) in [6.07, 6.45) is 4.13. The number of nitrogens with one attached hydrogen (secondary N) is 1. The monoisotopic (exact) mass is 400 g/mol. The molecule has 6 heteroatoms. The Hall–Kier alpha value is -2.47. The van der Waals surface area contributed by atoms with E-state index in [9.17, 15) is 13.5 Å². The van der Waals surface area contributed by atoms with Crippen LogP contribution in [-0.2, 0) is 10.0 Å². The number of aromatic hydroxyl groups is 1. The summed E-state index contributed by atoms with van der Waals surface area (Å²) in [5, 5.41) is 12.6. The van der Waals surface area contributed by atoms with E-state index in [-0.39, 0.29) is 6.04 Å². The highest BCUT2D eigenvalue weighted by Crippen LogP contribution is 2.37. The van der Waals surface area contributed by atoms with Crippen LogP contribution in [0, 0.1) is 12.8 Å². The lowest BCUT2D eigenvalue weighted by molar-refractivity contribution is 0.362. The zero-order valence-electron chi connectivity index (χ0n) is 17.0. The summed E-state index contributed by atoms with van der Waals surface area (Å²) in [5.41, 5.74) is 3.42. The highest BCUT2D eigenvalue weighted by Gasteiger charge is 2.17. The summed E-state index contributed by atoms with van der Waals surface area (Å²) >= 11 is 0. The van der Waals surface area contributed by atoms with E-state index >= 15 is 0 Å². The fourth-order valence-corrected chi connectivity index (χ4v) is 4.39. The van der Waals surface area contributed by atoms with Gasteiger partial charge in [-0.05, 0) is 61.1 Å². The van der Waals surface area contributed by atoms with Gasteiger partial charge in [-0.25, -0.2) is 8.42 Å². The van der Waals surface area contributed by atoms with Gasteiger partial charge in [0.1, 0.15) is 0 Å². The Morgan fingerprint density at radius 1 is 1.11 bits per heavy atom. The second-order valence-electron chi connectivity index (χ2n) is 8.05. The quantitative estimate of drug-likeness (QED) is 0.590. The van der Waals surface area contributed by atoms with E-state index < -0.39 is 10.0 Å². The average Bonchev–Trinajstić information content (AvgIpc) is 2.90. The number of hydrogen-bond acceptors (Lipinski definition) is 3. The van der Waals surface area contributed by atoms with Crippen LogP contribution in [-0.4, -0.2) is 24.3 Å². The van der Waals surface area contributed by atoms with Gasteiger partial charge in [0.05, 0.1) is 6.26 Å². The summed E-state index contributed by atoms with van der Waals surface area (Å²) < 4.78 is 27.5. The van der Waals surface area contributed by atoms with Crippen molar-refractivity contribution in [2.75, 3.05) is 11.0 Å². The third kappa shape index (κ3) is 4.33. The molecule has 1 heterocycles. The standard InChI is InChI=1S/C22H28N2O3S/c1-14(2)9-16(4)24-13-19-11-18(10-15(3)21(19)22(24)25)17-7-6-8-20(12-17)23-28(5,26)27/h6-8,10-14,16,23,25H,9H2,1-5H3/t16-/m0/s1. The number of hydrogen-bond donors (Lipinski definition) is 2. The fraction of sp³-hybridized carbons (Fsp3) is 0.364. The summed E-state index contributed by atoms with van der Waals surface area (Å²) in [5.74, 6) is 0.848. The SMILES string of the molecule is Cc1cc(-c2cccc(NS(C)(=O)=O)c2)cc2cn([C@@H](C)CC(C)C)c(O)c12. The molecule has 2 N–H and O–H groups in total. The van der Waals surface area contributed by atoms with E-state index in [1.54, 1.807) is 6.07 Å². The number of nitrogens with zero attached hydrogens (tertiary/aromatic N) is 1. The minimum atomic E-state index is -3.33. The maximum Gasteiger partial charge on any atom is 0.229 e. The molecule has 0 radical (unpaired) electrons. The van der Waals surface area contributed by atoms with Gasteiger partial charge in [-0.2, -0.15) is 0 Å². The van der Waals surface area contributed by atoms with Gasteiger partial charge in [0.25, 0.3) is 0 Å². The summed E-state index contributed by atoms with van der Waals surface area (Å²) in [6.45, 7) is 8.46. The van der Waals surface area contributed by atoms with Crippen molar-refractivity contribution in [3.8, 4) is 17.0 Å². The van der Waals surface area contributed by atoms with Crippen LogP contribution in [0.3, 0.4) is 0 Å². The normalized spacial score (nSPS) is 13.2. The molecule has 0 aliphatic heterocycles. The van der Waals surface area contributed by atoms with Crippen molar-refractivity contribution in [1.29, 1.82) is 0 Å². The molecule has 0 unspecified atom stereocenters. The Morgan fingerprint density at radius 2 is 1.82 bits per heavy atom. The van der Waals surface area contributed by atoms with Gasteiger partial charge >= 0.3 is 0 Å². The van der Waals surface area contributed by atoms with Crippen LogP contribution in [0.2, 0.25) is 0 Å². The lowest BCUT2D eigenvalue weighted by atomic mass is 9.99. The van der Waals surface area contributed by atoms with E-state index in [0.717, 1.165) is 40.1 Å². The molecular weight excluding hydrogens is 372 g/mol. The van der Waals surface area contributed by atoms with Crippen molar-refractivity contribution >= 4 is 26.5 Å². The van der Waals surface area contributed by atoms with Crippen LogP contribution in [0.5, 0.6) is 5.88 Å². The molecule has 0 fully saturated rings. The first-order chi connectivity index (χ1) is 13.0. The first kappa shape index (κ1) is 20.3. The number of rotatable bonds is 6. The Morgan fingerprint density at radius 3 is 2.46 bits per heavy atom. The summed E-state index contributed by atoms with van der Waals surface area (Å²) in [6, 6.07) is 11.6. The van der Waals surface area contributed by atoms with Crippen molar-refractivity contribution in [3.63, 3.8) is 0 Å². The number of anilines is 1. The second-order valence-corrected chi connectivity index (χ2v) is 9.80. The van der Waals surface area contributed by atoms with Crippen LogP contribution in [0.1, 0.15) is 38.8 Å². The van der Waals surface area contributed by atoms with Crippen LogP contribution in [0.25, 0.3) is 21.9 Å². The first-order valence-corrected chi connectivity index (χ1v) is 11.4. The van der Waals surface area contributed by atoms with Crippen molar-refractivity contribution in [3.05, 3.63) is 48.2 Å². The molecule has 3 rings (SSSR count). The minimum Gasteiger partial charge on any atom is -0.494 e. The Balaban J connectivity index is 2.06. The minimum absolute atomic E-state index is 0.206. The molecule has 0 saturated heterocycles. The highest BCUT2D eigenvalue weighted by atomic mass is 32.2. The van der Waals surface area contributed by atoms with E-state index in [4.69, 9.17) is 0 Å². The van der Waals surface area contributed by atoms with Gasteiger partial charge < -0.3 is 9.67 Å². The number of fused-ring (bicyclic) bond motifs is 1. The molecule has 150 valence electrons. The Labute approximate surface area is 167 Å². The molecule has 0 saturated carbocycles. The van der Waals surface area contributed by atoms with Crippen molar-refractivity contribution < 1.29 is 13.5 Å². The number of aryl methyl sites for hydroxylation is 1. The molecule has 2 aromatic carbocycles. The third-order valence-corrected chi connectivity index (χ3v) is 5.51. The van der Waals surface area contributed by atoms with Gasteiger partial charge in [-0.1, -0.05) is 32.0 Å². The van der Waals surface area contributed by atoms with E-state index in [1.165, 1.54) is 0 Å². The molecule has 0 bridgehead atoms. The Bertz CT molecular complexity index is 1110. The average molecular weight is 401 g/mol. The predicted octanol–water partition coefficient (Wildman–Crippen LogP) is 5.30. The predicted molar refractivity (Wildman–Crippen MR) is 116 cm³/mol. The number of sulfonamides is 1. The molecule has 1 atom stereocenters. The van der Waals surface area contributed by atoms with Crippen molar-refractivity contribution in [2.24, 2.45) is 5.92 Å². The van der Waals surface area contributed by atoms with E-state index in [1.807, 2.05) is 48.0 Å². The van der Waals surface area contributed by atoms with Crippen molar-refractivity contribution in [1.82, 2.24) is 4.57 Å². The molecule has 1 aromatic heterocycles. The molecule has 0 spiro atoms. The first-order valence-electron chi connectivity index (χ1n) is 9.47. The smallest absolute Gasteiger partial charge is 0.229 e. The van der Waals surface area contributed by atoms with Gasteiger partial charge in [0.15, 0.2) is 5.88 Å². The maximum absolute atomic E-state index is 11.5. The molecule has 3 aromatic rings. The molecular formula is C22H28N2O3S. The topological polar surface area (TPSA) is 71.3 Å². The zero-order valence-corrected chi connectivity index (χ0v) is 17.8. The zero-order chi connectivity index (χ0) is 20.6. The third-order valence-electron chi connectivity index (χ3n) is 4.90. The van der Waals surface area contributed by atoms with Gasteiger partial charge in [0.2, 0.25) is 10.0 Å². The summed E-state index contributed by atoms with van der Waals surface area (Å²) in [7, 11) is -3.33. The van der Waals surface area contributed by atoms with Gasteiger partial charge in [0, 0.05) is 28.7 Å². The van der Waals surface area contributed by atoms with Crippen LogP contribution in [0.15, 0.2) is 42.6 Å². The van der Waals surface area contributed by atoms with E-state index in [0.29, 0.717) is 17.5 Å². The second kappa shape index (κ2) is 7.51. The fourth-order valence-electron chi connectivity index (χ4n) is 3.84. The van der Waals surface area contributed by atoms with Gasteiger partial charge in [-0.15, -0.1) is 0 Å². The lowest BCUT2D eigenvalue weighted by Gasteiger charge is -2.16. The molecule has 28 heavy (non-hydrogen) atoms. The largest absolute Gasteiger partial charge is 0.494 e. The lowest BCUT2D eigenvalue weighted by Crippen LogP contribution is -2.09. The van der Waals surface area contributed by atoms with Crippen LogP contribution < -0.4 is 4.72 Å². The van der Waals surface area contributed by atoms with Gasteiger partial charge in [-0.3, -0.25) is 4.72 Å². The van der Waals surface area contributed by atoms with Crippen LogP contribution in [0.4, 0.5) is 5.69 Å². The van der Waals surface area contributed by atoms with Crippen molar-refractivity contribution in [2.45, 2.75) is 40.2 Å². The molecule has 5 nitrogen and oxygen atoms in total. The maximum atomic E-state index is 11.5. The summed E-state index contributed by atoms with van der Waals surface area (Å²) in [4.78, 5) is 0.